The Morgan fingerprint density at radius 1 is 1.12 bits per heavy atom. The van der Waals surface area contributed by atoms with Crippen molar-refractivity contribution >= 4 is 15.9 Å². The van der Waals surface area contributed by atoms with Crippen LogP contribution in [0.2, 0.25) is 0 Å². The summed E-state index contributed by atoms with van der Waals surface area (Å²) in [5, 5.41) is 3.20. The Balaban J connectivity index is 2.32. The van der Waals surface area contributed by atoms with Crippen molar-refractivity contribution in [3.05, 3.63) is 28.8 Å². The van der Waals surface area contributed by atoms with E-state index in [4.69, 9.17) is 0 Å². The predicted octanol–water partition coefficient (Wildman–Crippen LogP) is 1.69. The fraction of sp³-hybridized carbons (Fsp3) is 0.632. The van der Waals surface area contributed by atoms with E-state index in [0.29, 0.717) is 24.5 Å². The number of amides is 1. The summed E-state index contributed by atoms with van der Waals surface area (Å²) < 4.78 is 28.0. The lowest BCUT2D eigenvalue weighted by molar-refractivity contribution is -0.132. The van der Waals surface area contributed by atoms with Crippen LogP contribution in [0.3, 0.4) is 0 Å². The first-order chi connectivity index (χ1) is 12.1. The summed E-state index contributed by atoms with van der Waals surface area (Å²) >= 11 is 0. The third-order valence-electron chi connectivity index (χ3n) is 4.76. The standard InChI is InChI=1S/C19H31N3O3S/c1-14(2)12-22(13-19(23)21-8-6-20-7-9-21)26(24,25)18-11-16(4)15(3)10-17(18)5/h10-11,14,20H,6-9,12-13H2,1-5H3. The van der Waals surface area contributed by atoms with Gasteiger partial charge in [0.15, 0.2) is 0 Å². The maximum absolute atomic E-state index is 13.3. The molecule has 0 aromatic heterocycles. The molecule has 0 bridgehead atoms. The van der Waals surface area contributed by atoms with E-state index in [1.165, 1.54) is 4.31 Å². The van der Waals surface area contributed by atoms with Crippen LogP contribution >= 0.6 is 0 Å². The summed E-state index contributed by atoms with van der Waals surface area (Å²) in [6.07, 6.45) is 0. The molecule has 1 N–H and O–H groups in total. The van der Waals surface area contributed by atoms with Gasteiger partial charge in [-0.15, -0.1) is 0 Å². The minimum Gasteiger partial charge on any atom is -0.339 e. The third-order valence-corrected chi connectivity index (χ3v) is 6.71. The molecule has 6 nitrogen and oxygen atoms in total. The smallest absolute Gasteiger partial charge is 0.243 e. The fourth-order valence-corrected chi connectivity index (χ4v) is 5.02. The number of nitrogens with zero attached hydrogens (tertiary/aromatic N) is 2. The molecular formula is C19H31N3O3S. The molecule has 1 aromatic rings. The maximum Gasteiger partial charge on any atom is 0.243 e. The minimum absolute atomic E-state index is 0.104. The van der Waals surface area contributed by atoms with Gasteiger partial charge in [-0.05, 0) is 49.4 Å². The van der Waals surface area contributed by atoms with Gasteiger partial charge in [-0.25, -0.2) is 8.42 Å². The summed E-state index contributed by atoms with van der Waals surface area (Å²) in [6.45, 7) is 12.6. The Morgan fingerprint density at radius 3 is 2.27 bits per heavy atom. The fourth-order valence-electron chi connectivity index (χ4n) is 3.17. The molecule has 0 unspecified atom stereocenters. The number of hydrogen-bond donors (Lipinski definition) is 1. The number of carbonyl (C=O) groups is 1. The van der Waals surface area contributed by atoms with Gasteiger partial charge in [-0.3, -0.25) is 4.79 Å². The topological polar surface area (TPSA) is 69.7 Å². The summed E-state index contributed by atoms with van der Waals surface area (Å²) in [4.78, 5) is 14.7. The van der Waals surface area contributed by atoms with Gasteiger partial charge < -0.3 is 10.2 Å². The molecule has 0 spiro atoms. The van der Waals surface area contributed by atoms with Crippen LogP contribution in [0.15, 0.2) is 17.0 Å². The van der Waals surface area contributed by atoms with Crippen molar-refractivity contribution in [3.63, 3.8) is 0 Å². The van der Waals surface area contributed by atoms with Gasteiger partial charge in [0.05, 0.1) is 11.4 Å². The number of benzene rings is 1. The van der Waals surface area contributed by atoms with Gasteiger partial charge >= 0.3 is 0 Å². The van der Waals surface area contributed by atoms with Crippen LogP contribution in [-0.4, -0.2) is 62.8 Å². The highest BCUT2D eigenvalue weighted by molar-refractivity contribution is 7.89. The Labute approximate surface area is 157 Å². The summed E-state index contributed by atoms with van der Waals surface area (Å²) in [6, 6.07) is 3.62. The molecule has 0 radical (unpaired) electrons. The lowest BCUT2D eigenvalue weighted by atomic mass is 10.1. The minimum atomic E-state index is -3.73. The molecule has 1 heterocycles. The number of hydrogen-bond acceptors (Lipinski definition) is 4. The van der Waals surface area contributed by atoms with Crippen molar-refractivity contribution in [2.75, 3.05) is 39.3 Å². The second-order valence-corrected chi connectivity index (χ2v) is 9.43. The lowest BCUT2D eigenvalue weighted by Gasteiger charge is -2.31. The normalized spacial score (nSPS) is 15.7. The zero-order valence-electron chi connectivity index (χ0n) is 16.5. The first-order valence-corrected chi connectivity index (χ1v) is 10.6. The van der Waals surface area contributed by atoms with Crippen LogP contribution < -0.4 is 5.32 Å². The van der Waals surface area contributed by atoms with Gasteiger partial charge in [0, 0.05) is 32.7 Å². The van der Waals surface area contributed by atoms with Crippen LogP contribution in [-0.2, 0) is 14.8 Å². The number of rotatable bonds is 6. The van der Waals surface area contributed by atoms with E-state index in [0.717, 1.165) is 29.8 Å². The zero-order chi connectivity index (χ0) is 19.5. The van der Waals surface area contributed by atoms with Gasteiger partial charge in [0.1, 0.15) is 0 Å². The van der Waals surface area contributed by atoms with Crippen LogP contribution in [0.25, 0.3) is 0 Å². The van der Waals surface area contributed by atoms with E-state index in [9.17, 15) is 13.2 Å². The van der Waals surface area contributed by atoms with E-state index in [-0.39, 0.29) is 18.4 Å². The molecule has 1 saturated heterocycles. The van der Waals surface area contributed by atoms with Gasteiger partial charge in [0.25, 0.3) is 0 Å². The van der Waals surface area contributed by atoms with Crippen LogP contribution in [0.4, 0.5) is 0 Å². The Hall–Kier alpha value is -1.44. The number of piperazine rings is 1. The van der Waals surface area contributed by atoms with Gasteiger partial charge in [-0.1, -0.05) is 19.9 Å². The maximum atomic E-state index is 13.3. The van der Waals surface area contributed by atoms with Gasteiger partial charge in [-0.2, -0.15) is 4.31 Å². The van der Waals surface area contributed by atoms with Crippen molar-refractivity contribution in [1.82, 2.24) is 14.5 Å². The molecule has 1 aliphatic heterocycles. The third kappa shape index (κ3) is 4.84. The van der Waals surface area contributed by atoms with E-state index in [1.807, 2.05) is 40.7 Å². The second-order valence-electron chi connectivity index (χ2n) is 7.52. The van der Waals surface area contributed by atoms with Crippen molar-refractivity contribution < 1.29 is 13.2 Å². The molecule has 7 heteroatoms. The Morgan fingerprint density at radius 2 is 1.69 bits per heavy atom. The molecule has 0 saturated carbocycles. The molecule has 0 aliphatic carbocycles. The Bertz CT molecular complexity index is 754. The van der Waals surface area contributed by atoms with Crippen LogP contribution in [0.5, 0.6) is 0 Å². The number of carbonyl (C=O) groups excluding carboxylic acids is 1. The predicted molar refractivity (Wildman–Crippen MR) is 104 cm³/mol. The highest BCUT2D eigenvalue weighted by atomic mass is 32.2. The largest absolute Gasteiger partial charge is 0.339 e. The van der Waals surface area contributed by atoms with Crippen molar-refractivity contribution in [2.45, 2.75) is 39.5 Å². The first-order valence-electron chi connectivity index (χ1n) is 9.19. The summed E-state index contributed by atoms with van der Waals surface area (Å²) in [7, 11) is -3.73. The molecule has 1 fully saturated rings. The average molecular weight is 382 g/mol. The highest BCUT2D eigenvalue weighted by Gasteiger charge is 2.30. The molecular weight excluding hydrogens is 350 g/mol. The lowest BCUT2D eigenvalue weighted by Crippen LogP contribution is -2.50. The molecule has 26 heavy (non-hydrogen) atoms. The molecule has 146 valence electrons. The molecule has 1 aromatic carbocycles. The molecule has 1 aliphatic rings. The van der Waals surface area contributed by atoms with Crippen molar-refractivity contribution in [1.29, 1.82) is 0 Å². The Kier molecular flexibility index (Phi) is 6.82. The number of sulfonamides is 1. The highest BCUT2D eigenvalue weighted by Crippen LogP contribution is 2.24. The van der Waals surface area contributed by atoms with Crippen LogP contribution in [0.1, 0.15) is 30.5 Å². The van der Waals surface area contributed by atoms with E-state index in [2.05, 4.69) is 5.32 Å². The van der Waals surface area contributed by atoms with E-state index in [1.54, 1.807) is 11.0 Å². The van der Waals surface area contributed by atoms with Gasteiger partial charge in [0.2, 0.25) is 15.9 Å². The SMILES string of the molecule is Cc1cc(C)c(S(=O)(=O)N(CC(=O)N2CCNCC2)CC(C)C)cc1C. The van der Waals surface area contributed by atoms with Crippen LogP contribution in [0, 0.1) is 26.7 Å². The first kappa shape index (κ1) is 20.9. The monoisotopic (exact) mass is 381 g/mol. The number of aryl methyl sites for hydroxylation is 3. The van der Waals surface area contributed by atoms with Crippen molar-refractivity contribution in [3.8, 4) is 0 Å². The second kappa shape index (κ2) is 8.50. The summed E-state index contributed by atoms with van der Waals surface area (Å²) in [5.74, 6) is 0.00432. The van der Waals surface area contributed by atoms with E-state index >= 15 is 0 Å². The number of nitrogens with one attached hydrogen (secondary N) is 1. The summed E-state index contributed by atoms with van der Waals surface area (Å²) in [5.41, 5.74) is 2.72. The molecule has 0 atom stereocenters. The molecule has 2 rings (SSSR count). The van der Waals surface area contributed by atoms with E-state index < -0.39 is 10.0 Å². The zero-order valence-corrected chi connectivity index (χ0v) is 17.3. The van der Waals surface area contributed by atoms with Crippen molar-refractivity contribution in [2.24, 2.45) is 5.92 Å². The average Bonchev–Trinajstić information content (AvgIpc) is 2.57. The molecule has 1 amide bonds. The quantitative estimate of drug-likeness (QED) is 0.814.